The monoisotopic (exact) mass is 596 g/mol. The lowest BCUT2D eigenvalue weighted by atomic mass is 9.94. The Morgan fingerprint density at radius 2 is 1.62 bits per heavy atom. The summed E-state index contributed by atoms with van der Waals surface area (Å²) in [5, 5.41) is 0.553. The molecule has 3 heterocycles. The SMILES string of the molecule is CCN(CC)C(=O)C1=C(C)N=c2s/c(=C3/C(=O)N(Cc4ccccc4)c4ccccc43)c(=O)n2[C@@H]1c1ccc(Cl)cc1. The van der Waals surface area contributed by atoms with Gasteiger partial charge in [-0.3, -0.25) is 19.0 Å². The molecule has 0 N–H and O–H groups in total. The first-order chi connectivity index (χ1) is 20.3. The number of hydrogen-bond donors (Lipinski definition) is 0. The maximum Gasteiger partial charge on any atom is 0.271 e. The van der Waals surface area contributed by atoms with Gasteiger partial charge in [0.05, 0.1) is 35.1 Å². The molecule has 2 aliphatic rings. The number of amides is 2. The van der Waals surface area contributed by atoms with Crippen LogP contribution in [0, 0.1) is 0 Å². The van der Waals surface area contributed by atoms with E-state index in [-0.39, 0.29) is 17.4 Å². The second kappa shape index (κ2) is 11.2. The van der Waals surface area contributed by atoms with Crippen LogP contribution >= 0.6 is 22.9 Å². The van der Waals surface area contributed by atoms with Gasteiger partial charge < -0.3 is 9.80 Å². The molecule has 6 rings (SSSR count). The van der Waals surface area contributed by atoms with Crippen LogP contribution in [-0.4, -0.2) is 34.4 Å². The van der Waals surface area contributed by atoms with Crippen molar-refractivity contribution in [2.45, 2.75) is 33.4 Å². The summed E-state index contributed by atoms with van der Waals surface area (Å²) in [5.74, 6) is -0.404. The van der Waals surface area contributed by atoms with E-state index in [1.807, 2.05) is 80.6 Å². The third-order valence-electron chi connectivity index (χ3n) is 7.80. The van der Waals surface area contributed by atoms with Gasteiger partial charge in [-0.1, -0.05) is 83.6 Å². The van der Waals surface area contributed by atoms with Gasteiger partial charge in [-0.15, -0.1) is 0 Å². The average Bonchev–Trinajstić information content (AvgIpc) is 3.46. The number of benzene rings is 3. The summed E-state index contributed by atoms with van der Waals surface area (Å²) in [7, 11) is 0. The highest BCUT2D eigenvalue weighted by Crippen LogP contribution is 2.37. The number of rotatable bonds is 6. The van der Waals surface area contributed by atoms with Gasteiger partial charge in [0.15, 0.2) is 4.80 Å². The standard InChI is InChI=1S/C33H29ClN4O3S/c1-4-36(5-2)30(39)26-20(3)35-33-38(28(26)22-15-17-23(34)18-16-22)32(41)29(42-33)27-24-13-9-10-14-25(24)37(31(27)40)19-21-11-7-6-8-12-21/h6-18,28H,4-5,19H2,1-3H3/b29-27+/t28-/m1/s1. The van der Waals surface area contributed by atoms with E-state index >= 15 is 0 Å². The van der Waals surface area contributed by atoms with E-state index in [4.69, 9.17) is 16.6 Å². The summed E-state index contributed by atoms with van der Waals surface area (Å²) in [6.45, 7) is 7.09. The van der Waals surface area contributed by atoms with Crippen LogP contribution < -0.4 is 19.8 Å². The molecule has 42 heavy (non-hydrogen) atoms. The summed E-state index contributed by atoms with van der Waals surface area (Å²) in [4.78, 5) is 51.0. The number of thiazole rings is 1. The molecule has 0 aliphatic carbocycles. The highest BCUT2D eigenvalue weighted by molar-refractivity contribution is 7.07. The van der Waals surface area contributed by atoms with Gasteiger partial charge in [0.1, 0.15) is 4.53 Å². The van der Waals surface area contributed by atoms with Crippen LogP contribution in [0.3, 0.4) is 0 Å². The number of nitrogens with zero attached hydrogens (tertiary/aromatic N) is 4. The van der Waals surface area contributed by atoms with Gasteiger partial charge >= 0.3 is 0 Å². The minimum atomic E-state index is -0.715. The molecule has 0 saturated heterocycles. The normalized spacial score (nSPS) is 17.2. The molecule has 212 valence electrons. The van der Waals surface area contributed by atoms with Crippen molar-refractivity contribution in [2.24, 2.45) is 4.99 Å². The lowest BCUT2D eigenvalue weighted by Gasteiger charge is -2.29. The first-order valence-corrected chi connectivity index (χ1v) is 15.1. The number of fused-ring (bicyclic) bond motifs is 2. The van der Waals surface area contributed by atoms with Crippen LogP contribution in [0.2, 0.25) is 5.02 Å². The van der Waals surface area contributed by atoms with Crippen molar-refractivity contribution in [3.05, 3.63) is 132 Å². The second-order valence-electron chi connectivity index (χ2n) is 10.2. The minimum absolute atomic E-state index is 0.171. The molecule has 0 bridgehead atoms. The molecular weight excluding hydrogens is 568 g/mol. The Morgan fingerprint density at radius 1 is 0.952 bits per heavy atom. The predicted octanol–water partition coefficient (Wildman–Crippen LogP) is 4.67. The van der Waals surface area contributed by atoms with Crippen molar-refractivity contribution < 1.29 is 9.59 Å². The molecule has 2 aliphatic heterocycles. The Morgan fingerprint density at radius 3 is 2.31 bits per heavy atom. The van der Waals surface area contributed by atoms with Crippen molar-refractivity contribution in [3.63, 3.8) is 0 Å². The van der Waals surface area contributed by atoms with Gasteiger partial charge in [-0.25, -0.2) is 4.99 Å². The lowest BCUT2D eigenvalue weighted by molar-refractivity contribution is -0.127. The van der Waals surface area contributed by atoms with E-state index in [2.05, 4.69) is 0 Å². The Bertz CT molecular complexity index is 1920. The molecule has 0 fully saturated rings. The molecule has 1 atom stereocenters. The molecule has 7 nitrogen and oxygen atoms in total. The molecule has 0 saturated carbocycles. The van der Waals surface area contributed by atoms with Crippen LogP contribution in [-0.2, 0) is 16.1 Å². The third-order valence-corrected chi connectivity index (χ3v) is 9.10. The van der Waals surface area contributed by atoms with Crippen molar-refractivity contribution >= 4 is 46.0 Å². The first-order valence-electron chi connectivity index (χ1n) is 13.9. The van der Waals surface area contributed by atoms with Crippen LogP contribution in [0.5, 0.6) is 0 Å². The predicted molar refractivity (Wildman–Crippen MR) is 166 cm³/mol. The van der Waals surface area contributed by atoms with Crippen LogP contribution in [0.15, 0.2) is 99.9 Å². The fourth-order valence-corrected chi connectivity index (χ4v) is 6.97. The zero-order valence-corrected chi connectivity index (χ0v) is 25.1. The van der Waals surface area contributed by atoms with E-state index in [0.29, 0.717) is 56.4 Å². The van der Waals surface area contributed by atoms with Crippen molar-refractivity contribution in [1.29, 1.82) is 0 Å². The molecule has 2 amide bonds. The quantitative estimate of drug-likeness (QED) is 0.325. The second-order valence-corrected chi connectivity index (χ2v) is 11.6. The fraction of sp³-hybridized carbons (Fsp3) is 0.212. The zero-order valence-electron chi connectivity index (χ0n) is 23.5. The van der Waals surface area contributed by atoms with E-state index < -0.39 is 6.04 Å². The molecule has 0 spiro atoms. The van der Waals surface area contributed by atoms with Crippen molar-refractivity contribution in [1.82, 2.24) is 9.47 Å². The fourth-order valence-electron chi connectivity index (χ4n) is 5.71. The smallest absolute Gasteiger partial charge is 0.271 e. The van der Waals surface area contributed by atoms with Gasteiger partial charge in [0.25, 0.3) is 17.4 Å². The van der Waals surface area contributed by atoms with E-state index in [1.165, 1.54) is 11.3 Å². The Labute approximate surface area is 252 Å². The maximum absolute atomic E-state index is 14.4. The average molecular weight is 597 g/mol. The molecule has 0 radical (unpaired) electrons. The summed E-state index contributed by atoms with van der Waals surface area (Å²) >= 11 is 7.40. The Kier molecular flexibility index (Phi) is 7.43. The number of halogens is 1. The van der Waals surface area contributed by atoms with E-state index in [9.17, 15) is 14.4 Å². The molecule has 3 aromatic carbocycles. The molecule has 1 aromatic heterocycles. The Balaban J connectivity index is 1.58. The van der Waals surface area contributed by atoms with Crippen molar-refractivity contribution in [3.8, 4) is 0 Å². The van der Waals surface area contributed by atoms with Crippen LogP contribution in [0.25, 0.3) is 5.57 Å². The van der Waals surface area contributed by atoms with Crippen molar-refractivity contribution in [2.75, 3.05) is 18.0 Å². The summed E-state index contributed by atoms with van der Waals surface area (Å²) in [6, 6.07) is 23.8. The number of likely N-dealkylation sites (N-methyl/N-ethyl adjacent to an activating group) is 1. The van der Waals surface area contributed by atoms with Gasteiger partial charge in [0.2, 0.25) is 0 Å². The Hall–Kier alpha value is -4.27. The molecule has 9 heteroatoms. The van der Waals surface area contributed by atoms with Crippen LogP contribution in [0.4, 0.5) is 5.69 Å². The van der Waals surface area contributed by atoms with Gasteiger partial charge in [-0.05, 0) is 50.1 Å². The maximum atomic E-state index is 14.4. The topological polar surface area (TPSA) is 75.0 Å². The number of hydrogen-bond acceptors (Lipinski definition) is 5. The zero-order chi connectivity index (χ0) is 29.5. The number of aromatic nitrogens is 1. The number of allylic oxidation sites excluding steroid dienone is 1. The minimum Gasteiger partial charge on any atom is -0.339 e. The van der Waals surface area contributed by atoms with Gasteiger partial charge in [-0.2, -0.15) is 0 Å². The lowest BCUT2D eigenvalue weighted by Crippen LogP contribution is -2.43. The number of para-hydroxylation sites is 1. The summed E-state index contributed by atoms with van der Waals surface area (Å²) in [6.07, 6.45) is 0. The van der Waals surface area contributed by atoms with Crippen LogP contribution in [0.1, 0.15) is 43.5 Å². The van der Waals surface area contributed by atoms with Gasteiger partial charge in [0, 0.05) is 23.7 Å². The molecule has 0 unspecified atom stereocenters. The highest BCUT2D eigenvalue weighted by Gasteiger charge is 2.37. The number of carbonyl (C=O) groups excluding carboxylic acids is 2. The molecule has 4 aromatic rings. The summed E-state index contributed by atoms with van der Waals surface area (Å²) < 4.78 is 1.88. The largest absolute Gasteiger partial charge is 0.339 e. The molecular formula is C33H29ClN4O3S. The number of carbonyl (C=O) groups is 2. The summed E-state index contributed by atoms with van der Waals surface area (Å²) in [5.41, 5.74) is 4.19. The first kappa shape index (κ1) is 27.9. The highest BCUT2D eigenvalue weighted by atomic mass is 35.5. The third kappa shape index (κ3) is 4.61. The number of anilines is 1. The van der Waals surface area contributed by atoms with E-state index in [1.54, 1.807) is 33.4 Å². The van der Waals surface area contributed by atoms with E-state index in [0.717, 1.165) is 16.8 Å².